The Morgan fingerprint density at radius 2 is 1.50 bits per heavy atom. The Balaban J connectivity index is 2.18. The van der Waals surface area contributed by atoms with E-state index in [1.165, 1.54) is 0 Å². The zero-order chi connectivity index (χ0) is 14.2. The fraction of sp³-hybridized carbons (Fsp3) is 0.462. The lowest BCUT2D eigenvalue weighted by atomic mass is 10.4. The minimum absolute atomic E-state index is 0.545. The van der Waals surface area contributed by atoms with E-state index >= 15 is 0 Å². The number of piperazine rings is 1. The summed E-state index contributed by atoms with van der Waals surface area (Å²) in [6, 6.07) is 0. The van der Waals surface area contributed by atoms with Crippen LogP contribution in [0.4, 0.5) is 17.8 Å². The minimum Gasteiger partial charge on any atom is -0.351 e. The van der Waals surface area contributed by atoms with E-state index < -0.39 is 0 Å². The highest BCUT2D eigenvalue weighted by atomic mass is 15.3. The van der Waals surface area contributed by atoms with Crippen LogP contribution in [0.1, 0.15) is 0 Å². The van der Waals surface area contributed by atoms with Crippen molar-refractivity contribution in [3.8, 4) is 0 Å². The molecule has 107 valence electrons. The molecule has 0 aliphatic carbocycles. The number of nitrogens with zero attached hydrogens (tertiary/aromatic N) is 5. The first kappa shape index (κ1) is 14.3. The van der Waals surface area contributed by atoms with Crippen molar-refractivity contribution in [2.45, 2.75) is 0 Å². The Hall–Kier alpha value is -2.15. The van der Waals surface area contributed by atoms with Gasteiger partial charge in [-0.15, -0.1) is 13.2 Å². The third kappa shape index (κ3) is 3.92. The van der Waals surface area contributed by atoms with Crippen molar-refractivity contribution in [1.82, 2.24) is 20.3 Å². The molecule has 0 aromatic carbocycles. The first-order chi connectivity index (χ1) is 9.83. The first-order valence-electron chi connectivity index (χ1n) is 6.67. The fourth-order valence-corrected chi connectivity index (χ4v) is 1.80. The maximum Gasteiger partial charge on any atom is 0.232 e. The van der Waals surface area contributed by atoms with Crippen LogP contribution in [0.15, 0.2) is 25.3 Å². The van der Waals surface area contributed by atoms with Gasteiger partial charge in [-0.05, 0) is 0 Å². The van der Waals surface area contributed by atoms with Crippen LogP contribution in [0, 0.1) is 0 Å². The molecule has 2 rings (SSSR count). The lowest BCUT2D eigenvalue weighted by molar-refractivity contribution is 0.570. The predicted octanol–water partition coefficient (Wildman–Crippen LogP) is 0.492. The van der Waals surface area contributed by atoms with E-state index in [0.717, 1.165) is 26.2 Å². The molecule has 2 heterocycles. The molecule has 1 radical (unpaired) electrons. The molecule has 0 amide bonds. The molecule has 0 saturated carbocycles. The van der Waals surface area contributed by atoms with Crippen LogP contribution in [-0.4, -0.2) is 54.2 Å². The molecule has 7 heteroatoms. The average molecular weight is 274 g/mol. The highest BCUT2D eigenvalue weighted by Gasteiger charge is 2.16. The maximum atomic E-state index is 4.44. The van der Waals surface area contributed by atoms with Gasteiger partial charge in [-0.3, -0.25) is 0 Å². The smallest absolute Gasteiger partial charge is 0.232 e. The molecular formula is C13H20N7. The van der Waals surface area contributed by atoms with Gasteiger partial charge in [0.05, 0.1) is 0 Å². The van der Waals surface area contributed by atoms with E-state index in [1.807, 2.05) is 0 Å². The van der Waals surface area contributed by atoms with Crippen LogP contribution in [0.3, 0.4) is 0 Å². The second-order valence-electron chi connectivity index (χ2n) is 4.28. The molecule has 1 aromatic rings. The van der Waals surface area contributed by atoms with Crippen LogP contribution in [0.2, 0.25) is 0 Å². The molecule has 1 aromatic heterocycles. The van der Waals surface area contributed by atoms with Gasteiger partial charge in [0.2, 0.25) is 17.8 Å². The molecule has 0 spiro atoms. The van der Waals surface area contributed by atoms with Gasteiger partial charge in [-0.25, -0.2) is 5.32 Å². The van der Waals surface area contributed by atoms with Gasteiger partial charge in [0.15, 0.2) is 0 Å². The summed E-state index contributed by atoms with van der Waals surface area (Å²) >= 11 is 0. The lowest BCUT2D eigenvalue weighted by Crippen LogP contribution is -2.41. The first-order valence-corrected chi connectivity index (χ1v) is 6.67. The van der Waals surface area contributed by atoms with Crippen molar-refractivity contribution in [2.24, 2.45) is 0 Å². The Morgan fingerprint density at radius 1 is 0.950 bits per heavy atom. The summed E-state index contributed by atoms with van der Waals surface area (Å²) in [5, 5.41) is 10.5. The van der Waals surface area contributed by atoms with Gasteiger partial charge in [0.1, 0.15) is 0 Å². The number of anilines is 3. The number of hydrogen-bond acceptors (Lipinski definition) is 6. The van der Waals surface area contributed by atoms with E-state index in [0.29, 0.717) is 30.9 Å². The molecule has 7 nitrogen and oxygen atoms in total. The Morgan fingerprint density at radius 3 is 2.00 bits per heavy atom. The third-order valence-electron chi connectivity index (χ3n) is 2.77. The summed E-state index contributed by atoms with van der Waals surface area (Å²) in [5.74, 6) is 1.76. The van der Waals surface area contributed by atoms with E-state index in [4.69, 9.17) is 0 Å². The normalized spacial score (nSPS) is 14.7. The summed E-state index contributed by atoms with van der Waals surface area (Å²) in [6.45, 7) is 11.9. The van der Waals surface area contributed by atoms with Crippen molar-refractivity contribution in [3.05, 3.63) is 25.3 Å². The van der Waals surface area contributed by atoms with Crippen LogP contribution in [0.25, 0.3) is 0 Å². The third-order valence-corrected chi connectivity index (χ3v) is 2.77. The van der Waals surface area contributed by atoms with Gasteiger partial charge in [-0.1, -0.05) is 12.2 Å². The molecule has 1 aliphatic rings. The molecule has 2 N–H and O–H groups in total. The van der Waals surface area contributed by atoms with E-state index in [9.17, 15) is 0 Å². The number of nitrogens with one attached hydrogen (secondary N) is 2. The van der Waals surface area contributed by atoms with Crippen LogP contribution < -0.4 is 20.9 Å². The van der Waals surface area contributed by atoms with Gasteiger partial charge in [0.25, 0.3) is 0 Å². The largest absolute Gasteiger partial charge is 0.351 e. The molecule has 20 heavy (non-hydrogen) atoms. The van der Waals surface area contributed by atoms with Crippen LogP contribution in [-0.2, 0) is 0 Å². The summed E-state index contributed by atoms with van der Waals surface area (Å²) in [7, 11) is 0. The van der Waals surface area contributed by atoms with E-state index in [1.54, 1.807) is 12.2 Å². The predicted molar refractivity (Wildman–Crippen MR) is 81.3 cm³/mol. The van der Waals surface area contributed by atoms with Gasteiger partial charge in [0, 0.05) is 39.3 Å². The fourth-order valence-electron chi connectivity index (χ4n) is 1.80. The van der Waals surface area contributed by atoms with Gasteiger partial charge >= 0.3 is 0 Å². The summed E-state index contributed by atoms with van der Waals surface area (Å²) < 4.78 is 0. The molecule has 1 aliphatic heterocycles. The van der Waals surface area contributed by atoms with Crippen molar-refractivity contribution in [1.29, 1.82) is 0 Å². The molecule has 0 bridgehead atoms. The second kappa shape index (κ2) is 7.44. The zero-order valence-electron chi connectivity index (χ0n) is 11.5. The SMILES string of the molecule is C=CCNc1nc(NCC=C)nc(N2CC[N]CC2)n1. The monoisotopic (exact) mass is 274 g/mol. The van der Waals surface area contributed by atoms with Crippen molar-refractivity contribution >= 4 is 17.8 Å². The quantitative estimate of drug-likeness (QED) is 0.705. The Bertz CT molecular complexity index is 424. The van der Waals surface area contributed by atoms with Crippen molar-refractivity contribution < 1.29 is 0 Å². The second-order valence-corrected chi connectivity index (χ2v) is 4.28. The Labute approximate surface area is 119 Å². The van der Waals surface area contributed by atoms with Crippen LogP contribution in [0.5, 0.6) is 0 Å². The summed E-state index contributed by atoms with van der Waals surface area (Å²) in [6.07, 6.45) is 3.53. The number of rotatable bonds is 7. The molecular weight excluding hydrogens is 254 g/mol. The maximum absolute atomic E-state index is 4.44. The highest BCUT2D eigenvalue weighted by molar-refractivity contribution is 5.44. The number of hydrogen-bond donors (Lipinski definition) is 2. The molecule has 1 fully saturated rings. The highest BCUT2D eigenvalue weighted by Crippen LogP contribution is 2.14. The Kier molecular flexibility index (Phi) is 5.31. The molecule has 0 atom stereocenters. The van der Waals surface area contributed by atoms with E-state index in [-0.39, 0.29) is 0 Å². The standard InChI is InChI=1S/C13H20N7/c1-3-5-15-11-17-12(16-6-4-2)19-13(18-11)20-9-7-14-8-10-20/h3-4H,1-2,5-10H2,(H2,15,16,17,18,19). The van der Waals surface area contributed by atoms with Crippen molar-refractivity contribution in [3.63, 3.8) is 0 Å². The lowest BCUT2D eigenvalue weighted by Gasteiger charge is -2.26. The zero-order valence-corrected chi connectivity index (χ0v) is 11.5. The van der Waals surface area contributed by atoms with Gasteiger partial charge in [-0.2, -0.15) is 15.0 Å². The molecule has 1 saturated heterocycles. The summed E-state index contributed by atoms with van der Waals surface area (Å²) in [4.78, 5) is 15.3. The van der Waals surface area contributed by atoms with Gasteiger partial charge < -0.3 is 15.5 Å². The average Bonchev–Trinajstić information content (AvgIpc) is 2.51. The minimum atomic E-state index is 0.545. The van der Waals surface area contributed by atoms with Crippen LogP contribution >= 0.6 is 0 Å². The molecule has 0 unspecified atom stereocenters. The van der Waals surface area contributed by atoms with Crippen molar-refractivity contribution in [2.75, 3.05) is 54.8 Å². The summed E-state index contributed by atoms with van der Waals surface area (Å²) in [5.41, 5.74) is 0. The van der Waals surface area contributed by atoms with E-state index in [2.05, 4.69) is 49.0 Å². The topological polar surface area (TPSA) is 80.1 Å². The number of aromatic nitrogens is 3.